The molecule has 1 aromatic rings. The monoisotopic (exact) mass is 232 g/mol. The van der Waals surface area contributed by atoms with Gasteiger partial charge in [-0.05, 0) is 31.4 Å². The molecule has 0 saturated heterocycles. The summed E-state index contributed by atoms with van der Waals surface area (Å²) >= 11 is 0. The predicted octanol–water partition coefficient (Wildman–Crippen LogP) is 3.24. The highest BCUT2D eigenvalue weighted by molar-refractivity contribution is 5.77. The van der Waals surface area contributed by atoms with Gasteiger partial charge in [-0.15, -0.1) is 0 Å². The van der Waals surface area contributed by atoms with Crippen LogP contribution in [0.1, 0.15) is 32.1 Å². The minimum absolute atomic E-state index is 0.324. The Kier molecular flexibility index (Phi) is 2.61. The van der Waals surface area contributed by atoms with Gasteiger partial charge < -0.3 is 15.4 Å². The van der Waals surface area contributed by atoms with Crippen molar-refractivity contribution in [3.05, 3.63) is 18.2 Å². The molecule has 17 heavy (non-hydrogen) atoms. The van der Waals surface area contributed by atoms with E-state index in [1.807, 2.05) is 6.07 Å². The lowest BCUT2D eigenvalue weighted by molar-refractivity contribution is 0.416. The molecule has 92 valence electrons. The van der Waals surface area contributed by atoms with Gasteiger partial charge in [0.05, 0.1) is 12.8 Å². The third-order valence-corrected chi connectivity index (χ3v) is 4.11. The fraction of sp³-hybridized carbons (Fsp3) is 0.571. The Labute approximate surface area is 103 Å². The number of hydrogen-bond acceptors (Lipinski definition) is 3. The van der Waals surface area contributed by atoms with E-state index in [1.54, 1.807) is 7.11 Å². The zero-order valence-electron chi connectivity index (χ0n) is 10.4. The molecule has 2 aliphatic rings. The van der Waals surface area contributed by atoms with Crippen LogP contribution in [0, 0.1) is 0 Å². The van der Waals surface area contributed by atoms with Crippen molar-refractivity contribution in [3.8, 4) is 5.75 Å². The van der Waals surface area contributed by atoms with Gasteiger partial charge in [-0.1, -0.05) is 18.9 Å². The second-order valence-electron chi connectivity index (χ2n) is 5.17. The predicted molar refractivity (Wildman–Crippen MR) is 70.9 cm³/mol. The number of methoxy groups -OCH3 is 1. The van der Waals surface area contributed by atoms with Gasteiger partial charge in [0.25, 0.3) is 0 Å². The second-order valence-corrected chi connectivity index (χ2v) is 5.17. The van der Waals surface area contributed by atoms with E-state index < -0.39 is 0 Å². The SMILES string of the molecule is COc1cccc2c1NCCC1(CCCC1)N2. The first-order valence-corrected chi connectivity index (χ1v) is 6.52. The number of ether oxygens (including phenoxy) is 1. The normalized spacial score (nSPS) is 21.2. The molecule has 0 radical (unpaired) electrons. The summed E-state index contributed by atoms with van der Waals surface area (Å²) in [5, 5.41) is 7.28. The smallest absolute Gasteiger partial charge is 0.144 e. The van der Waals surface area contributed by atoms with E-state index in [2.05, 4.69) is 22.8 Å². The average molecular weight is 232 g/mol. The van der Waals surface area contributed by atoms with E-state index in [0.29, 0.717) is 5.54 Å². The van der Waals surface area contributed by atoms with Crippen LogP contribution in [-0.2, 0) is 0 Å². The van der Waals surface area contributed by atoms with Crippen molar-refractivity contribution in [2.45, 2.75) is 37.6 Å². The van der Waals surface area contributed by atoms with Crippen LogP contribution in [0.25, 0.3) is 0 Å². The van der Waals surface area contributed by atoms with Gasteiger partial charge in [0.2, 0.25) is 0 Å². The van der Waals surface area contributed by atoms with Crippen LogP contribution < -0.4 is 15.4 Å². The average Bonchev–Trinajstić information content (AvgIpc) is 2.71. The highest BCUT2D eigenvalue weighted by Gasteiger charge is 2.35. The number of rotatable bonds is 1. The Morgan fingerprint density at radius 3 is 2.76 bits per heavy atom. The summed E-state index contributed by atoms with van der Waals surface area (Å²) in [7, 11) is 1.73. The highest BCUT2D eigenvalue weighted by atomic mass is 16.5. The van der Waals surface area contributed by atoms with Gasteiger partial charge in [-0.3, -0.25) is 0 Å². The molecule has 3 rings (SSSR count). The molecule has 0 bridgehead atoms. The van der Waals surface area contributed by atoms with E-state index in [4.69, 9.17) is 4.74 Å². The molecule has 1 aliphatic carbocycles. The van der Waals surface area contributed by atoms with Gasteiger partial charge >= 0.3 is 0 Å². The first kappa shape index (κ1) is 10.8. The summed E-state index contributed by atoms with van der Waals surface area (Å²) in [6.45, 7) is 1.03. The largest absolute Gasteiger partial charge is 0.495 e. The van der Waals surface area contributed by atoms with Gasteiger partial charge in [-0.25, -0.2) is 0 Å². The first-order valence-electron chi connectivity index (χ1n) is 6.52. The lowest BCUT2D eigenvalue weighted by Crippen LogP contribution is -2.35. The van der Waals surface area contributed by atoms with Crippen LogP contribution in [-0.4, -0.2) is 19.2 Å². The van der Waals surface area contributed by atoms with Crippen LogP contribution in [0.15, 0.2) is 18.2 Å². The number of benzene rings is 1. The molecule has 0 aromatic heterocycles. The minimum atomic E-state index is 0.324. The Morgan fingerprint density at radius 1 is 1.18 bits per heavy atom. The molecule has 3 nitrogen and oxygen atoms in total. The molecule has 2 N–H and O–H groups in total. The molecule has 3 heteroatoms. The Balaban J connectivity index is 1.97. The fourth-order valence-corrected chi connectivity index (χ4v) is 3.19. The summed E-state index contributed by atoms with van der Waals surface area (Å²) in [6.07, 6.45) is 6.50. The molecular weight excluding hydrogens is 212 g/mol. The minimum Gasteiger partial charge on any atom is -0.495 e. The molecule has 0 unspecified atom stereocenters. The second kappa shape index (κ2) is 4.13. The molecule has 1 heterocycles. The van der Waals surface area contributed by atoms with Crippen molar-refractivity contribution < 1.29 is 4.74 Å². The molecule has 1 spiro atoms. The molecule has 1 saturated carbocycles. The van der Waals surface area contributed by atoms with Crippen molar-refractivity contribution in [3.63, 3.8) is 0 Å². The van der Waals surface area contributed by atoms with E-state index in [9.17, 15) is 0 Å². The zero-order chi connectivity index (χ0) is 11.7. The molecule has 0 atom stereocenters. The standard InChI is InChI=1S/C14H20N2O/c1-17-12-6-4-5-11-13(12)15-10-9-14(16-11)7-2-3-8-14/h4-6,15-16H,2-3,7-10H2,1H3. The molecule has 0 amide bonds. The molecule has 1 aliphatic heterocycles. The van der Waals surface area contributed by atoms with E-state index in [1.165, 1.54) is 37.8 Å². The Morgan fingerprint density at radius 2 is 2.00 bits per heavy atom. The van der Waals surface area contributed by atoms with Gasteiger partial charge in [0.15, 0.2) is 0 Å². The van der Waals surface area contributed by atoms with Crippen molar-refractivity contribution in [1.29, 1.82) is 0 Å². The van der Waals surface area contributed by atoms with Crippen LogP contribution in [0.4, 0.5) is 11.4 Å². The Hall–Kier alpha value is -1.38. The van der Waals surface area contributed by atoms with Crippen molar-refractivity contribution in [2.75, 3.05) is 24.3 Å². The number of hydrogen-bond donors (Lipinski definition) is 2. The van der Waals surface area contributed by atoms with Gasteiger partial charge in [0, 0.05) is 12.1 Å². The lowest BCUT2D eigenvalue weighted by atomic mass is 9.93. The van der Waals surface area contributed by atoms with Gasteiger partial charge in [-0.2, -0.15) is 0 Å². The van der Waals surface area contributed by atoms with E-state index in [-0.39, 0.29) is 0 Å². The maximum absolute atomic E-state index is 5.42. The summed E-state index contributed by atoms with van der Waals surface area (Å²) in [5.41, 5.74) is 2.65. The van der Waals surface area contributed by atoms with E-state index >= 15 is 0 Å². The van der Waals surface area contributed by atoms with Crippen molar-refractivity contribution in [2.24, 2.45) is 0 Å². The third-order valence-electron chi connectivity index (χ3n) is 4.11. The summed E-state index contributed by atoms with van der Waals surface area (Å²) < 4.78 is 5.42. The number of fused-ring (bicyclic) bond motifs is 1. The first-order chi connectivity index (χ1) is 8.33. The van der Waals surface area contributed by atoms with Crippen molar-refractivity contribution >= 4 is 11.4 Å². The van der Waals surface area contributed by atoms with Crippen molar-refractivity contribution in [1.82, 2.24) is 0 Å². The van der Waals surface area contributed by atoms with Crippen LogP contribution >= 0.6 is 0 Å². The Bertz CT molecular complexity index is 411. The van der Waals surface area contributed by atoms with Crippen LogP contribution in [0.5, 0.6) is 5.75 Å². The zero-order valence-corrected chi connectivity index (χ0v) is 10.4. The summed E-state index contributed by atoms with van der Waals surface area (Å²) in [6, 6.07) is 6.22. The highest BCUT2D eigenvalue weighted by Crippen LogP contribution is 2.42. The molecule has 1 aromatic carbocycles. The molecular formula is C14H20N2O. The number of nitrogens with one attached hydrogen (secondary N) is 2. The van der Waals surface area contributed by atoms with E-state index in [0.717, 1.165) is 18.0 Å². The quantitative estimate of drug-likeness (QED) is 0.780. The third kappa shape index (κ3) is 1.84. The number of anilines is 2. The maximum Gasteiger partial charge on any atom is 0.144 e. The summed E-state index contributed by atoms with van der Waals surface area (Å²) in [5.74, 6) is 0.935. The maximum atomic E-state index is 5.42. The fourth-order valence-electron chi connectivity index (χ4n) is 3.19. The van der Waals surface area contributed by atoms with Gasteiger partial charge in [0.1, 0.15) is 11.4 Å². The summed E-state index contributed by atoms with van der Waals surface area (Å²) in [4.78, 5) is 0. The topological polar surface area (TPSA) is 33.3 Å². The van der Waals surface area contributed by atoms with Crippen LogP contribution in [0.3, 0.4) is 0 Å². The number of para-hydroxylation sites is 1. The van der Waals surface area contributed by atoms with Crippen LogP contribution in [0.2, 0.25) is 0 Å². The lowest BCUT2D eigenvalue weighted by Gasteiger charge is -2.29. The molecule has 1 fully saturated rings.